The number of esters is 2. The minimum Gasteiger partial charge on any atom is -0.455 e. The Bertz CT molecular complexity index is 1240. The van der Waals surface area contributed by atoms with E-state index in [0.29, 0.717) is 5.57 Å². The molecule has 10 heteroatoms. The van der Waals surface area contributed by atoms with Crippen LogP contribution in [-0.2, 0) is 23.8 Å². The van der Waals surface area contributed by atoms with Crippen LogP contribution in [0.5, 0.6) is 0 Å². The highest BCUT2D eigenvalue weighted by Crippen LogP contribution is 2.63. The maximum Gasteiger partial charge on any atom is 0.338 e. The highest BCUT2D eigenvalue weighted by Gasteiger charge is 2.77. The summed E-state index contributed by atoms with van der Waals surface area (Å²) in [6, 6.07) is 8.08. The van der Waals surface area contributed by atoms with Crippen molar-refractivity contribution in [3.05, 3.63) is 47.0 Å². The van der Waals surface area contributed by atoms with E-state index in [1.54, 1.807) is 39.0 Å². The average Bonchev–Trinajstić information content (AvgIpc) is 2.87. The van der Waals surface area contributed by atoms with E-state index in [-0.39, 0.29) is 30.6 Å². The number of Topliss-reactive ketones (excluding diaryl/α,β-unsaturated/α-hetero) is 1. The van der Waals surface area contributed by atoms with Crippen LogP contribution in [0.2, 0.25) is 0 Å². The number of benzene rings is 1. The van der Waals surface area contributed by atoms with Gasteiger partial charge in [-0.3, -0.25) is 9.59 Å². The number of ether oxygens (including phenoxy) is 3. The number of aliphatic hydroxyl groups excluding tert-OH is 3. The third-order valence-electron chi connectivity index (χ3n) is 9.95. The molecule has 1 aliphatic heterocycles. The molecule has 3 fully saturated rings. The third-order valence-corrected chi connectivity index (χ3v) is 9.95. The van der Waals surface area contributed by atoms with Gasteiger partial charge in [0.05, 0.1) is 35.7 Å². The molecule has 0 spiro atoms. The predicted molar refractivity (Wildman–Crippen MR) is 135 cm³/mol. The van der Waals surface area contributed by atoms with Gasteiger partial charge in [-0.1, -0.05) is 32.0 Å². The molecule has 10 nitrogen and oxygen atoms in total. The van der Waals surface area contributed by atoms with Gasteiger partial charge >= 0.3 is 11.9 Å². The Kier molecular flexibility index (Phi) is 6.40. The summed E-state index contributed by atoms with van der Waals surface area (Å²) >= 11 is 0. The van der Waals surface area contributed by atoms with Gasteiger partial charge in [-0.15, -0.1) is 0 Å². The molecule has 1 heterocycles. The first kappa shape index (κ1) is 27.9. The van der Waals surface area contributed by atoms with Gasteiger partial charge in [0.15, 0.2) is 11.4 Å². The lowest BCUT2D eigenvalue weighted by molar-refractivity contribution is -0.345. The maximum atomic E-state index is 14.3. The molecule has 2 bridgehead atoms. The van der Waals surface area contributed by atoms with Crippen molar-refractivity contribution < 1.29 is 49.0 Å². The molecule has 0 aromatic heterocycles. The van der Waals surface area contributed by atoms with Gasteiger partial charge in [-0.25, -0.2) is 4.79 Å². The van der Waals surface area contributed by atoms with Crippen molar-refractivity contribution in [2.45, 2.75) is 89.2 Å². The molecule has 1 aromatic carbocycles. The van der Waals surface area contributed by atoms with Gasteiger partial charge in [0.1, 0.15) is 23.9 Å². The smallest absolute Gasteiger partial charge is 0.338 e. The summed E-state index contributed by atoms with van der Waals surface area (Å²) in [6.07, 6.45) is -7.26. The summed E-state index contributed by atoms with van der Waals surface area (Å²) in [5.74, 6) is -3.60. The summed E-state index contributed by atoms with van der Waals surface area (Å²) in [4.78, 5) is 40.3. The molecular weight excluding hydrogens is 508 g/mol. The van der Waals surface area contributed by atoms with Crippen LogP contribution in [0, 0.1) is 16.7 Å². The van der Waals surface area contributed by atoms with Crippen LogP contribution in [0.1, 0.15) is 57.8 Å². The summed E-state index contributed by atoms with van der Waals surface area (Å²) in [6.45, 7) is 7.29. The molecule has 212 valence electrons. The number of hydrogen-bond donors (Lipinski definition) is 4. The second-order valence-corrected chi connectivity index (χ2v) is 12.2. The molecule has 5 rings (SSSR count). The lowest BCUT2D eigenvalue weighted by atomic mass is 9.44. The lowest BCUT2D eigenvalue weighted by Crippen LogP contribution is -2.81. The summed E-state index contributed by atoms with van der Waals surface area (Å²) in [5, 5.41) is 46.7. The second kappa shape index (κ2) is 8.94. The normalized spacial score (nSPS) is 42.7. The standard InChI is InChI=1S/C29H36O10/c1-14-17(31)12-29(36)24(38-25(35)16-9-7-6-8-10-16)22-27(5,23(34)21(33)20(14)26(29,3)4)18(32)11-19-28(22,13-37-19)39-15(2)30/h6-10,17-19,21-22,24,31-33,36H,11-13H2,1-5H3/t17-,18?,19?,21?,22?,24-,27?,28?,29?/m0/s1. The summed E-state index contributed by atoms with van der Waals surface area (Å²) in [5.41, 5.74) is -6.24. The fourth-order valence-corrected chi connectivity index (χ4v) is 7.66. The number of ketones is 1. The Morgan fingerprint density at radius 1 is 1.08 bits per heavy atom. The Balaban J connectivity index is 1.81. The van der Waals surface area contributed by atoms with Crippen molar-refractivity contribution in [2.24, 2.45) is 16.7 Å². The zero-order valence-corrected chi connectivity index (χ0v) is 22.7. The Hall–Kier alpha value is -2.63. The van der Waals surface area contributed by atoms with E-state index in [0.717, 1.165) is 0 Å². The lowest BCUT2D eigenvalue weighted by Gasteiger charge is -2.67. The van der Waals surface area contributed by atoms with E-state index >= 15 is 0 Å². The number of aliphatic hydroxyl groups is 4. The zero-order valence-electron chi connectivity index (χ0n) is 22.7. The van der Waals surface area contributed by atoms with Crippen LogP contribution in [0.3, 0.4) is 0 Å². The molecule has 4 aliphatic rings. The van der Waals surface area contributed by atoms with E-state index < -0.39 is 76.2 Å². The van der Waals surface area contributed by atoms with Crippen LogP contribution < -0.4 is 0 Å². The Morgan fingerprint density at radius 2 is 1.72 bits per heavy atom. The average molecular weight is 545 g/mol. The van der Waals surface area contributed by atoms with Gasteiger partial charge in [0, 0.05) is 25.2 Å². The molecule has 3 aliphatic carbocycles. The van der Waals surface area contributed by atoms with E-state index in [2.05, 4.69) is 0 Å². The first-order valence-electron chi connectivity index (χ1n) is 13.2. The van der Waals surface area contributed by atoms with Crippen LogP contribution >= 0.6 is 0 Å². The topological polar surface area (TPSA) is 160 Å². The molecule has 1 saturated heterocycles. The number of fused-ring (bicyclic) bond motifs is 5. The van der Waals surface area contributed by atoms with Gasteiger partial charge in [-0.05, 0) is 37.1 Å². The molecule has 4 N–H and O–H groups in total. The van der Waals surface area contributed by atoms with Crippen molar-refractivity contribution in [1.29, 1.82) is 0 Å². The molecule has 2 saturated carbocycles. The number of rotatable bonds is 3. The Labute approximate surface area is 226 Å². The first-order valence-corrected chi connectivity index (χ1v) is 13.2. The van der Waals surface area contributed by atoms with E-state index in [1.807, 2.05) is 0 Å². The summed E-state index contributed by atoms with van der Waals surface area (Å²) in [7, 11) is 0. The number of carbonyl (C=O) groups excluding carboxylic acids is 3. The van der Waals surface area contributed by atoms with Gasteiger partial charge in [-0.2, -0.15) is 0 Å². The first-order chi connectivity index (χ1) is 18.1. The Morgan fingerprint density at radius 3 is 2.28 bits per heavy atom. The van der Waals surface area contributed by atoms with E-state index in [9.17, 15) is 34.8 Å². The van der Waals surface area contributed by atoms with E-state index in [1.165, 1.54) is 26.0 Å². The second-order valence-electron chi connectivity index (χ2n) is 12.2. The molecule has 7 unspecified atom stereocenters. The quantitative estimate of drug-likeness (QED) is 0.320. The molecule has 1 aromatic rings. The third kappa shape index (κ3) is 3.62. The van der Waals surface area contributed by atoms with Crippen molar-refractivity contribution in [2.75, 3.05) is 6.61 Å². The highest BCUT2D eigenvalue weighted by molar-refractivity contribution is 5.94. The van der Waals surface area contributed by atoms with Crippen molar-refractivity contribution in [3.63, 3.8) is 0 Å². The van der Waals surface area contributed by atoms with Crippen molar-refractivity contribution in [1.82, 2.24) is 0 Å². The monoisotopic (exact) mass is 544 g/mol. The van der Waals surface area contributed by atoms with Crippen molar-refractivity contribution >= 4 is 17.7 Å². The summed E-state index contributed by atoms with van der Waals surface area (Å²) < 4.78 is 17.7. The number of hydrogen-bond acceptors (Lipinski definition) is 10. The number of carbonyl (C=O) groups is 3. The SMILES string of the molecule is CC(=O)OC12COC1CC(O)C1(C)C(=O)C(O)C3=C(C)[C@@H](O)CC(O)([C@@H](OC(=O)c4ccccc4)C21)C3(C)C. The minimum absolute atomic E-state index is 0.0828. The van der Waals surface area contributed by atoms with Crippen LogP contribution in [0.15, 0.2) is 41.5 Å². The van der Waals surface area contributed by atoms with Crippen molar-refractivity contribution in [3.8, 4) is 0 Å². The van der Waals surface area contributed by atoms with Crippen LogP contribution in [-0.4, -0.2) is 86.5 Å². The largest absolute Gasteiger partial charge is 0.455 e. The van der Waals surface area contributed by atoms with Gasteiger partial charge in [0.25, 0.3) is 0 Å². The molecule has 9 atom stereocenters. The van der Waals surface area contributed by atoms with Crippen LogP contribution in [0.25, 0.3) is 0 Å². The minimum atomic E-state index is -2.07. The molecule has 39 heavy (non-hydrogen) atoms. The molecule has 0 amide bonds. The fraction of sp³-hybridized carbons (Fsp3) is 0.621. The van der Waals surface area contributed by atoms with Gasteiger partial charge < -0.3 is 34.6 Å². The van der Waals surface area contributed by atoms with E-state index in [4.69, 9.17) is 14.2 Å². The highest BCUT2D eigenvalue weighted by atomic mass is 16.6. The predicted octanol–water partition coefficient (Wildman–Crippen LogP) is 1.08. The molecule has 0 radical (unpaired) electrons. The fourth-order valence-electron chi connectivity index (χ4n) is 7.66. The zero-order chi connectivity index (χ0) is 28.7. The van der Waals surface area contributed by atoms with Crippen LogP contribution in [0.4, 0.5) is 0 Å². The molecular formula is C29H36O10. The van der Waals surface area contributed by atoms with Gasteiger partial charge in [0.2, 0.25) is 0 Å². The maximum absolute atomic E-state index is 14.3.